The predicted octanol–water partition coefficient (Wildman–Crippen LogP) is 3.22. The van der Waals surface area contributed by atoms with Gasteiger partial charge in [0, 0.05) is 12.7 Å². The maximum Gasteiger partial charge on any atom is 0.151 e. The number of hydrogen-bond acceptors (Lipinski definition) is 3. The predicted molar refractivity (Wildman–Crippen MR) is 68.1 cm³/mol. The molecule has 0 bridgehead atoms. The van der Waals surface area contributed by atoms with Crippen LogP contribution >= 0.6 is 11.6 Å². The Morgan fingerprint density at radius 3 is 2.76 bits per heavy atom. The largest absolute Gasteiger partial charge is 0.397 e. The van der Waals surface area contributed by atoms with Crippen molar-refractivity contribution in [3.8, 4) is 0 Å². The molecule has 1 heterocycles. The monoisotopic (exact) mass is 251 g/mol. The second-order valence-electron chi connectivity index (χ2n) is 3.61. The Labute approximate surface area is 104 Å². The molecule has 0 aliphatic carbocycles. The molecule has 0 aliphatic heterocycles. The molecular weight excluding hydrogens is 241 g/mol. The normalized spacial score (nSPS) is 10.3. The molecule has 17 heavy (non-hydrogen) atoms. The SMILES string of the molecule is CN(c1cccc(F)c1)c1ncc(N)cc1Cl. The van der Waals surface area contributed by atoms with Gasteiger partial charge < -0.3 is 10.6 Å². The highest BCUT2D eigenvalue weighted by molar-refractivity contribution is 6.33. The van der Waals surface area contributed by atoms with E-state index in [4.69, 9.17) is 17.3 Å². The van der Waals surface area contributed by atoms with Crippen molar-refractivity contribution in [3.63, 3.8) is 0 Å². The fraction of sp³-hybridized carbons (Fsp3) is 0.0833. The first-order valence-electron chi connectivity index (χ1n) is 4.98. The first kappa shape index (κ1) is 11.7. The molecule has 2 rings (SSSR count). The summed E-state index contributed by atoms with van der Waals surface area (Å²) in [5.74, 6) is 0.229. The van der Waals surface area contributed by atoms with Gasteiger partial charge in [-0.05, 0) is 24.3 Å². The van der Waals surface area contributed by atoms with E-state index < -0.39 is 0 Å². The van der Waals surface area contributed by atoms with Crippen LogP contribution < -0.4 is 10.6 Å². The molecule has 0 atom stereocenters. The van der Waals surface area contributed by atoms with Gasteiger partial charge in [0.05, 0.1) is 16.9 Å². The Hall–Kier alpha value is -1.81. The molecule has 2 N–H and O–H groups in total. The number of halogens is 2. The Balaban J connectivity index is 2.40. The molecular formula is C12H11ClFN3. The zero-order valence-corrected chi connectivity index (χ0v) is 9.95. The van der Waals surface area contributed by atoms with Crippen LogP contribution in [0, 0.1) is 5.82 Å². The van der Waals surface area contributed by atoms with Gasteiger partial charge >= 0.3 is 0 Å². The molecule has 1 aromatic carbocycles. The lowest BCUT2D eigenvalue weighted by Gasteiger charge is -2.19. The third-order valence-corrected chi connectivity index (χ3v) is 2.63. The molecule has 0 saturated heterocycles. The van der Waals surface area contributed by atoms with E-state index in [1.807, 2.05) is 0 Å². The molecule has 0 saturated carbocycles. The summed E-state index contributed by atoms with van der Waals surface area (Å²) in [6.07, 6.45) is 1.51. The minimum Gasteiger partial charge on any atom is -0.397 e. The summed E-state index contributed by atoms with van der Waals surface area (Å²) < 4.78 is 13.1. The third-order valence-electron chi connectivity index (χ3n) is 2.36. The highest BCUT2D eigenvalue weighted by Crippen LogP contribution is 2.29. The maximum absolute atomic E-state index is 13.1. The van der Waals surface area contributed by atoms with Crippen molar-refractivity contribution in [2.45, 2.75) is 0 Å². The summed E-state index contributed by atoms with van der Waals surface area (Å²) in [4.78, 5) is 5.83. The van der Waals surface area contributed by atoms with Gasteiger partial charge in [0.25, 0.3) is 0 Å². The number of benzene rings is 1. The summed E-state index contributed by atoms with van der Waals surface area (Å²) in [6.45, 7) is 0. The van der Waals surface area contributed by atoms with Gasteiger partial charge in [-0.15, -0.1) is 0 Å². The topological polar surface area (TPSA) is 42.2 Å². The summed E-state index contributed by atoms with van der Waals surface area (Å²) in [6, 6.07) is 7.81. The number of rotatable bonds is 2. The van der Waals surface area contributed by atoms with Crippen molar-refractivity contribution >= 4 is 28.8 Å². The lowest BCUT2D eigenvalue weighted by atomic mass is 10.3. The van der Waals surface area contributed by atoms with Gasteiger partial charge in [0.2, 0.25) is 0 Å². The third kappa shape index (κ3) is 2.47. The number of pyridine rings is 1. The Kier molecular flexibility index (Phi) is 3.15. The highest BCUT2D eigenvalue weighted by atomic mass is 35.5. The number of hydrogen-bond donors (Lipinski definition) is 1. The zero-order chi connectivity index (χ0) is 12.4. The van der Waals surface area contributed by atoms with Crippen molar-refractivity contribution in [2.75, 3.05) is 17.7 Å². The Morgan fingerprint density at radius 2 is 2.12 bits per heavy atom. The highest BCUT2D eigenvalue weighted by Gasteiger charge is 2.10. The van der Waals surface area contributed by atoms with Gasteiger partial charge in [-0.1, -0.05) is 17.7 Å². The van der Waals surface area contributed by atoms with E-state index in [9.17, 15) is 4.39 Å². The van der Waals surface area contributed by atoms with Crippen LogP contribution in [0.15, 0.2) is 36.5 Å². The lowest BCUT2D eigenvalue weighted by Crippen LogP contribution is -2.12. The molecule has 0 aliphatic rings. The van der Waals surface area contributed by atoms with Gasteiger partial charge in [0.1, 0.15) is 5.82 Å². The Bertz CT molecular complexity index is 545. The molecule has 0 fully saturated rings. The first-order valence-corrected chi connectivity index (χ1v) is 5.36. The fourth-order valence-corrected chi connectivity index (χ4v) is 1.80. The number of nitrogen functional groups attached to an aromatic ring is 1. The first-order chi connectivity index (χ1) is 8.08. The zero-order valence-electron chi connectivity index (χ0n) is 9.19. The molecule has 0 radical (unpaired) electrons. The van der Waals surface area contributed by atoms with E-state index in [0.29, 0.717) is 22.2 Å². The number of anilines is 3. The van der Waals surface area contributed by atoms with Crippen molar-refractivity contribution < 1.29 is 4.39 Å². The van der Waals surface area contributed by atoms with Crippen LogP contribution in [0.25, 0.3) is 0 Å². The second-order valence-corrected chi connectivity index (χ2v) is 4.02. The number of nitrogens with zero attached hydrogens (tertiary/aromatic N) is 2. The minimum atomic E-state index is -0.305. The molecule has 2 aromatic rings. The Morgan fingerprint density at radius 1 is 1.35 bits per heavy atom. The molecule has 88 valence electrons. The van der Waals surface area contributed by atoms with Crippen molar-refractivity contribution in [2.24, 2.45) is 0 Å². The van der Waals surface area contributed by atoms with E-state index in [-0.39, 0.29) is 5.82 Å². The van der Waals surface area contributed by atoms with Crippen molar-refractivity contribution in [3.05, 3.63) is 47.4 Å². The van der Waals surface area contributed by atoms with E-state index in [2.05, 4.69) is 4.98 Å². The number of aromatic nitrogens is 1. The van der Waals surface area contributed by atoms with Gasteiger partial charge in [-0.3, -0.25) is 0 Å². The summed E-state index contributed by atoms with van der Waals surface area (Å²) in [7, 11) is 1.76. The average molecular weight is 252 g/mol. The second kappa shape index (κ2) is 4.59. The van der Waals surface area contributed by atoms with Crippen LogP contribution in [0.3, 0.4) is 0 Å². The van der Waals surface area contributed by atoms with Crippen LogP contribution in [-0.4, -0.2) is 12.0 Å². The molecule has 1 aromatic heterocycles. The summed E-state index contributed by atoms with van der Waals surface area (Å²) in [5.41, 5.74) is 6.73. The lowest BCUT2D eigenvalue weighted by molar-refractivity contribution is 0.628. The van der Waals surface area contributed by atoms with E-state index >= 15 is 0 Å². The van der Waals surface area contributed by atoms with Crippen LogP contribution in [0.5, 0.6) is 0 Å². The molecule has 3 nitrogen and oxygen atoms in total. The molecule has 0 unspecified atom stereocenters. The molecule has 0 amide bonds. The van der Waals surface area contributed by atoms with E-state index in [0.717, 1.165) is 0 Å². The standard InChI is InChI=1S/C12H11ClFN3/c1-17(10-4-2-3-8(14)5-10)12-11(13)6-9(15)7-16-12/h2-7H,15H2,1H3. The van der Waals surface area contributed by atoms with Crippen LogP contribution in [-0.2, 0) is 0 Å². The quantitative estimate of drug-likeness (QED) is 0.891. The maximum atomic E-state index is 13.1. The summed E-state index contributed by atoms with van der Waals surface area (Å²) in [5, 5.41) is 0.428. The summed E-state index contributed by atoms with van der Waals surface area (Å²) >= 11 is 6.04. The van der Waals surface area contributed by atoms with Crippen molar-refractivity contribution in [1.82, 2.24) is 4.98 Å². The smallest absolute Gasteiger partial charge is 0.151 e. The van der Waals surface area contributed by atoms with Crippen LogP contribution in [0.4, 0.5) is 21.6 Å². The average Bonchev–Trinajstić information content (AvgIpc) is 2.28. The van der Waals surface area contributed by atoms with E-state index in [1.165, 1.54) is 18.3 Å². The minimum absolute atomic E-state index is 0.305. The van der Waals surface area contributed by atoms with Crippen molar-refractivity contribution in [1.29, 1.82) is 0 Å². The molecule has 0 spiro atoms. The molecule has 5 heteroatoms. The van der Waals surface area contributed by atoms with E-state index in [1.54, 1.807) is 30.1 Å². The van der Waals surface area contributed by atoms with Gasteiger partial charge in [0.15, 0.2) is 5.82 Å². The fourth-order valence-electron chi connectivity index (χ4n) is 1.50. The van der Waals surface area contributed by atoms with Crippen LogP contribution in [0.1, 0.15) is 0 Å². The van der Waals surface area contributed by atoms with Crippen LogP contribution in [0.2, 0.25) is 5.02 Å². The van der Waals surface area contributed by atoms with Gasteiger partial charge in [-0.2, -0.15) is 0 Å². The number of nitrogens with two attached hydrogens (primary N) is 1. The van der Waals surface area contributed by atoms with Gasteiger partial charge in [-0.25, -0.2) is 9.37 Å².